The zero-order chi connectivity index (χ0) is 24.4. The van der Waals surface area contributed by atoms with Gasteiger partial charge in [-0.25, -0.2) is 9.07 Å². The van der Waals surface area contributed by atoms with Gasteiger partial charge in [0.25, 0.3) is 11.8 Å². The molecule has 0 unspecified atom stereocenters. The summed E-state index contributed by atoms with van der Waals surface area (Å²) in [4.78, 5) is 30.1. The van der Waals surface area contributed by atoms with Crippen LogP contribution in [0.3, 0.4) is 0 Å². The molecular weight excluding hydrogens is 473 g/mol. The highest BCUT2D eigenvalue weighted by atomic mass is 35.5. The van der Waals surface area contributed by atoms with E-state index in [-0.39, 0.29) is 39.6 Å². The molecule has 2 N–H and O–H groups in total. The van der Waals surface area contributed by atoms with Crippen LogP contribution in [0.1, 0.15) is 20.8 Å². The van der Waals surface area contributed by atoms with E-state index in [2.05, 4.69) is 20.7 Å². The fourth-order valence-corrected chi connectivity index (χ4v) is 3.79. The van der Waals surface area contributed by atoms with Gasteiger partial charge in [-0.3, -0.25) is 14.6 Å². The predicted octanol–water partition coefficient (Wildman–Crippen LogP) is 4.11. The monoisotopic (exact) mass is 491 g/mol. The largest absolute Gasteiger partial charge is 0.377 e. The number of benzene rings is 2. The van der Waals surface area contributed by atoms with Crippen molar-refractivity contribution in [1.29, 1.82) is 0 Å². The van der Waals surface area contributed by atoms with E-state index in [4.69, 9.17) is 16.3 Å². The van der Waals surface area contributed by atoms with Crippen LogP contribution in [-0.2, 0) is 4.74 Å². The van der Waals surface area contributed by atoms with Gasteiger partial charge in [0.15, 0.2) is 5.69 Å². The molecule has 0 aliphatic carbocycles. The molecule has 2 aromatic heterocycles. The number of amides is 2. The number of halogens is 2. The van der Waals surface area contributed by atoms with Gasteiger partial charge in [-0.2, -0.15) is 5.10 Å². The van der Waals surface area contributed by atoms with Crippen molar-refractivity contribution in [2.75, 3.05) is 18.5 Å². The quantitative estimate of drug-likeness (QED) is 0.423. The summed E-state index contributed by atoms with van der Waals surface area (Å²) in [6.07, 6.45) is 1.53. The van der Waals surface area contributed by atoms with Crippen LogP contribution in [0.15, 0.2) is 72.9 Å². The fraction of sp³-hybridized carbons (Fsp3) is 0.120. The zero-order valence-corrected chi connectivity index (χ0v) is 19.0. The Hall–Kier alpha value is -4.08. The van der Waals surface area contributed by atoms with E-state index in [9.17, 15) is 14.0 Å². The van der Waals surface area contributed by atoms with Crippen LogP contribution in [0.4, 0.5) is 10.2 Å². The molecule has 0 saturated carbocycles. The summed E-state index contributed by atoms with van der Waals surface area (Å²) in [6.45, 7) is 0.882. The Balaban J connectivity index is 1.48. The van der Waals surface area contributed by atoms with E-state index >= 15 is 0 Å². The van der Waals surface area contributed by atoms with Crippen LogP contribution >= 0.6 is 11.6 Å². The lowest BCUT2D eigenvalue weighted by Crippen LogP contribution is -2.48. The number of para-hydroxylation sites is 1. The molecule has 0 atom stereocenters. The SMILES string of the molecule is O=C(NC1COC1)c1cc(NC(=O)c2cc(-c3ccccn3)c(F)cc2Cl)n(-c2ccccc2)n1. The van der Waals surface area contributed by atoms with Gasteiger partial charge in [0.1, 0.15) is 11.6 Å². The Kier molecular flexibility index (Phi) is 6.26. The lowest BCUT2D eigenvalue weighted by molar-refractivity contribution is -0.00355. The average Bonchev–Trinajstić information content (AvgIpc) is 3.26. The minimum absolute atomic E-state index is 0.0483. The molecule has 0 spiro atoms. The van der Waals surface area contributed by atoms with Crippen LogP contribution in [0.2, 0.25) is 5.02 Å². The maximum absolute atomic E-state index is 14.6. The number of ether oxygens (including phenoxy) is 1. The van der Waals surface area contributed by atoms with Gasteiger partial charge < -0.3 is 15.4 Å². The van der Waals surface area contributed by atoms with Crippen molar-refractivity contribution in [2.45, 2.75) is 6.04 Å². The number of hydrogen-bond acceptors (Lipinski definition) is 5. The number of nitrogens with one attached hydrogen (secondary N) is 2. The third kappa shape index (κ3) is 4.77. The second-order valence-corrected chi connectivity index (χ2v) is 8.26. The van der Waals surface area contributed by atoms with E-state index in [0.29, 0.717) is 24.6 Å². The number of aromatic nitrogens is 3. The number of carbonyl (C=O) groups is 2. The average molecular weight is 492 g/mol. The van der Waals surface area contributed by atoms with Gasteiger partial charge in [0, 0.05) is 17.8 Å². The van der Waals surface area contributed by atoms with Crippen molar-refractivity contribution < 1.29 is 18.7 Å². The smallest absolute Gasteiger partial charge is 0.272 e. The first-order valence-electron chi connectivity index (χ1n) is 10.8. The summed E-state index contributed by atoms with van der Waals surface area (Å²) in [5.41, 5.74) is 1.30. The summed E-state index contributed by atoms with van der Waals surface area (Å²) >= 11 is 6.22. The first-order valence-corrected chi connectivity index (χ1v) is 11.1. The summed E-state index contributed by atoms with van der Waals surface area (Å²) in [5, 5.41) is 9.90. The third-order valence-corrected chi connectivity index (χ3v) is 5.71. The number of hydrogen-bond donors (Lipinski definition) is 2. The van der Waals surface area contributed by atoms with E-state index in [1.54, 1.807) is 30.3 Å². The molecule has 1 aliphatic heterocycles. The van der Waals surface area contributed by atoms with Crippen molar-refractivity contribution in [1.82, 2.24) is 20.1 Å². The molecule has 4 aromatic rings. The maximum atomic E-state index is 14.6. The minimum atomic E-state index is -0.599. The van der Waals surface area contributed by atoms with Crippen molar-refractivity contribution in [3.05, 3.63) is 95.0 Å². The van der Waals surface area contributed by atoms with Crippen LogP contribution in [-0.4, -0.2) is 45.8 Å². The molecule has 1 fully saturated rings. The zero-order valence-electron chi connectivity index (χ0n) is 18.2. The molecule has 1 aliphatic rings. The summed E-state index contributed by atoms with van der Waals surface area (Å²) in [5.74, 6) is -1.33. The van der Waals surface area contributed by atoms with E-state index in [0.717, 1.165) is 6.07 Å². The van der Waals surface area contributed by atoms with Crippen molar-refractivity contribution in [2.24, 2.45) is 0 Å². The molecular formula is C25H19ClFN5O3. The molecule has 3 heterocycles. The minimum Gasteiger partial charge on any atom is -0.377 e. The van der Waals surface area contributed by atoms with Gasteiger partial charge in [-0.15, -0.1) is 0 Å². The molecule has 0 radical (unpaired) electrons. The summed E-state index contributed by atoms with van der Waals surface area (Å²) < 4.78 is 21.1. The molecule has 0 bridgehead atoms. The molecule has 35 heavy (non-hydrogen) atoms. The Morgan fingerprint density at radius 2 is 1.80 bits per heavy atom. The van der Waals surface area contributed by atoms with E-state index in [1.807, 2.05) is 18.2 Å². The van der Waals surface area contributed by atoms with E-state index in [1.165, 1.54) is 23.0 Å². The molecule has 8 nitrogen and oxygen atoms in total. The Bertz CT molecular complexity index is 1390. The number of carbonyl (C=O) groups excluding carboxylic acids is 2. The lowest BCUT2D eigenvalue weighted by Gasteiger charge is -2.26. The summed E-state index contributed by atoms with van der Waals surface area (Å²) in [7, 11) is 0. The van der Waals surface area contributed by atoms with Gasteiger partial charge in [0.05, 0.1) is 41.2 Å². The second-order valence-electron chi connectivity index (χ2n) is 7.85. The Morgan fingerprint density at radius 3 is 2.49 bits per heavy atom. The highest BCUT2D eigenvalue weighted by Gasteiger charge is 2.25. The third-order valence-electron chi connectivity index (χ3n) is 5.40. The first-order chi connectivity index (χ1) is 17.0. The second kappa shape index (κ2) is 9.65. The van der Waals surface area contributed by atoms with Gasteiger partial charge in [0.2, 0.25) is 0 Å². The van der Waals surface area contributed by atoms with Gasteiger partial charge in [-0.1, -0.05) is 35.9 Å². The molecule has 2 aromatic carbocycles. The first kappa shape index (κ1) is 22.7. The standard InChI is InChI=1S/C25H19ClFN5O3/c26-19-11-20(27)18(21-8-4-5-9-28-21)10-17(19)24(33)30-23-12-22(25(34)29-15-13-35-14-15)31-32(23)16-6-2-1-3-7-16/h1-12,15H,13-14H2,(H,29,34)(H,30,33). The Labute approximate surface area is 204 Å². The number of anilines is 1. The van der Waals surface area contributed by atoms with Crippen LogP contribution in [0, 0.1) is 5.82 Å². The molecule has 5 rings (SSSR count). The van der Waals surface area contributed by atoms with Crippen molar-refractivity contribution in [3.63, 3.8) is 0 Å². The van der Waals surface area contributed by atoms with E-state index < -0.39 is 11.7 Å². The normalized spacial score (nSPS) is 13.2. The van der Waals surface area contributed by atoms with Crippen LogP contribution in [0.25, 0.3) is 16.9 Å². The fourth-order valence-electron chi connectivity index (χ4n) is 3.55. The molecule has 2 amide bonds. The van der Waals surface area contributed by atoms with Crippen LogP contribution in [0.5, 0.6) is 0 Å². The lowest BCUT2D eigenvalue weighted by atomic mass is 10.1. The predicted molar refractivity (Wildman–Crippen MR) is 128 cm³/mol. The molecule has 10 heteroatoms. The highest BCUT2D eigenvalue weighted by Crippen LogP contribution is 2.28. The molecule has 1 saturated heterocycles. The summed E-state index contributed by atoms with van der Waals surface area (Å²) in [6, 6.07) is 17.9. The number of pyridine rings is 1. The van der Waals surface area contributed by atoms with Gasteiger partial charge >= 0.3 is 0 Å². The van der Waals surface area contributed by atoms with Crippen molar-refractivity contribution >= 4 is 29.2 Å². The maximum Gasteiger partial charge on any atom is 0.272 e. The van der Waals surface area contributed by atoms with Crippen molar-refractivity contribution in [3.8, 4) is 16.9 Å². The molecule has 176 valence electrons. The highest BCUT2D eigenvalue weighted by molar-refractivity contribution is 6.34. The number of rotatable bonds is 6. The van der Waals surface area contributed by atoms with Crippen LogP contribution < -0.4 is 10.6 Å². The van der Waals surface area contributed by atoms with Gasteiger partial charge in [-0.05, 0) is 36.4 Å². The Morgan fingerprint density at radius 1 is 1.03 bits per heavy atom. The number of nitrogens with zero attached hydrogens (tertiary/aromatic N) is 3. The topological polar surface area (TPSA) is 98.1 Å².